The van der Waals surface area contributed by atoms with E-state index in [4.69, 9.17) is 4.42 Å². The molecule has 9 heteroatoms. The van der Waals surface area contributed by atoms with E-state index in [-0.39, 0.29) is 11.7 Å². The van der Waals surface area contributed by atoms with Crippen LogP contribution in [0.5, 0.6) is 5.88 Å². The van der Waals surface area contributed by atoms with Gasteiger partial charge in [0.05, 0.1) is 17.2 Å². The predicted octanol–water partition coefficient (Wildman–Crippen LogP) is 4.81. The molecule has 0 bridgehead atoms. The molecule has 34 heavy (non-hydrogen) atoms. The minimum absolute atomic E-state index is 0.0240. The Morgan fingerprint density at radius 2 is 1.71 bits per heavy atom. The molecule has 7 nitrogen and oxygen atoms in total. The lowest BCUT2D eigenvalue weighted by Gasteiger charge is -2.40. The van der Waals surface area contributed by atoms with Crippen LogP contribution in [0.1, 0.15) is 16.5 Å². The number of halogens is 1. The number of para-hydroxylation sites is 1. The van der Waals surface area contributed by atoms with Gasteiger partial charge in [0, 0.05) is 37.4 Å². The Labute approximate surface area is 199 Å². The first-order valence-electron chi connectivity index (χ1n) is 11.1. The standard InChI is InChI=1S/C25H22FN5O2S/c26-19-10-5-4-9-18(19)21(30-14-12-29(13-15-30)17-7-2-1-3-8-17)22-24(32)31-25(34-22)27-23(28-31)20-11-6-16-33-20/h1-11,16,21,32H,12-15H2/t21-/m0/s1. The Bertz CT molecular complexity index is 1410. The van der Waals surface area contributed by atoms with Gasteiger partial charge in [-0.1, -0.05) is 47.7 Å². The van der Waals surface area contributed by atoms with Crippen LogP contribution < -0.4 is 4.90 Å². The number of rotatable bonds is 5. The maximum atomic E-state index is 15.0. The minimum Gasteiger partial charge on any atom is -0.492 e. The number of nitrogens with zero attached hydrogens (tertiary/aromatic N) is 5. The zero-order valence-corrected chi connectivity index (χ0v) is 19.0. The fourth-order valence-corrected chi connectivity index (χ4v) is 5.62. The fraction of sp³-hybridized carbons (Fsp3) is 0.200. The molecule has 0 saturated carbocycles. The molecule has 3 aromatic heterocycles. The molecule has 1 saturated heterocycles. The van der Waals surface area contributed by atoms with E-state index in [1.54, 1.807) is 30.5 Å². The van der Waals surface area contributed by atoms with E-state index >= 15 is 4.39 Å². The summed E-state index contributed by atoms with van der Waals surface area (Å²) >= 11 is 1.32. The van der Waals surface area contributed by atoms with Gasteiger partial charge in [-0.2, -0.15) is 9.50 Å². The van der Waals surface area contributed by atoms with Gasteiger partial charge in [0.1, 0.15) is 5.82 Å². The van der Waals surface area contributed by atoms with E-state index in [1.807, 2.05) is 24.3 Å². The van der Waals surface area contributed by atoms with E-state index in [0.717, 1.165) is 26.2 Å². The summed E-state index contributed by atoms with van der Waals surface area (Å²) in [4.78, 5) is 10.2. The molecule has 0 unspecified atom stereocenters. The van der Waals surface area contributed by atoms with Crippen molar-refractivity contribution in [1.82, 2.24) is 19.5 Å². The van der Waals surface area contributed by atoms with Crippen LogP contribution in [0.15, 0.2) is 77.4 Å². The van der Waals surface area contributed by atoms with Gasteiger partial charge in [-0.15, -0.1) is 5.10 Å². The number of furan rings is 1. The highest BCUT2D eigenvalue weighted by molar-refractivity contribution is 7.17. The summed E-state index contributed by atoms with van der Waals surface area (Å²) in [5, 5.41) is 15.6. The zero-order valence-electron chi connectivity index (χ0n) is 18.2. The van der Waals surface area contributed by atoms with Crippen LogP contribution in [-0.2, 0) is 0 Å². The molecule has 0 amide bonds. The van der Waals surface area contributed by atoms with Crippen molar-refractivity contribution >= 4 is 22.0 Å². The summed E-state index contributed by atoms with van der Waals surface area (Å²) in [7, 11) is 0. The highest BCUT2D eigenvalue weighted by Gasteiger charge is 2.33. The van der Waals surface area contributed by atoms with Crippen LogP contribution in [0.4, 0.5) is 10.1 Å². The molecular formula is C25H22FN5O2S. The number of hydrogen-bond acceptors (Lipinski definition) is 7. The highest BCUT2D eigenvalue weighted by atomic mass is 32.1. The number of aromatic hydroxyl groups is 1. The van der Waals surface area contributed by atoms with Crippen molar-refractivity contribution < 1.29 is 13.9 Å². The SMILES string of the molecule is Oc1c([C@H](c2ccccc2F)N2CCN(c3ccccc3)CC2)sc2nc(-c3ccco3)nn12. The number of benzene rings is 2. The average Bonchev–Trinajstić information content (AvgIpc) is 3.61. The number of aromatic nitrogens is 3. The normalized spacial score (nSPS) is 15.7. The van der Waals surface area contributed by atoms with Crippen LogP contribution in [0.2, 0.25) is 0 Å². The number of piperazine rings is 1. The molecule has 1 N–H and O–H groups in total. The number of anilines is 1. The number of fused-ring (bicyclic) bond motifs is 1. The van der Waals surface area contributed by atoms with Crippen molar-refractivity contribution in [3.63, 3.8) is 0 Å². The third-order valence-electron chi connectivity index (χ3n) is 6.19. The maximum absolute atomic E-state index is 15.0. The minimum atomic E-state index is -0.445. The fourth-order valence-electron chi connectivity index (χ4n) is 4.52. The van der Waals surface area contributed by atoms with Gasteiger partial charge in [0.15, 0.2) is 5.76 Å². The highest BCUT2D eigenvalue weighted by Crippen LogP contribution is 2.41. The van der Waals surface area contributed by atoms with E-state index < -0.39 is 6.04 Å². The Hall–Kier alpha value is -3.69. The van der Waals surface area contributed by atoms with Gasteiger partial charge in [-0.05, 0) is 30.3 Å². The molecule has 0 spiro atoms. The smallest absolute Gasteiger partial charge is 0.230 e. The number of hydrogen-bond donors (Lipinski definition) is 1. The second kappa shape index (κ2) is 8.58. The molecule has 4 heterocycles. The lowest BCUT2D eigenvalue weighted by atomic mass is 10.0. The Kier molecular flexibility index (Phi) is 5.27. The van der Waals surface area contributed by atoms with Crippen LogP contribution in [0.3, 0.4) is 0 Å². The quantitative estimate of drug-likeness (QED) is 0.394. The summed E-state index contributed by atoms with van der Waals surface area (Å²) in [6, 6.07) is 20.1. The first kappa shape index (κ1) is 20.9. The second-order valence-electron chi connectivity index (χ2n) is 8.18. The van der Waals surface area contributed by atoms with Gasteiger partial charge in [0.25, 0.3) is 0 Å². The van der Waals surface area contributed by atoms with Gasteiger partial charge in [0.2, 0.25) is 16.7 Å². The molecule has 1 atom stereocenters. The third kappa shape index (κ3) is 3.63. The summed E-state index contributed by atoms with van der Waals surface area (Å²) in [6.45, 7) is 3.05. The van der Waals surface area contributed by atoms with E-state index in [1.165, 1.54) is 27.6 Å². The summed E-state index contributed by atoms with van der Waals surface area (Å²) in [5.74, 6) is 0.605. The van der Waals surface area contributed by atoms with Crippen molar-refractivity contribution in [2.24, 2.45) is 0 Å². The topological polar surface area (TPSA) is 70.0 Å². The lowest BCUT2D eigenvalue weighted by molar-refractivity contribution is 0.208. The van der Waals surface area contributed by atoms with Crippen LogP contribution in [0, 0.1) is 5.82 Å². The number of thiazole rings is 1. The molecular weight excluding hydrogens is 453 g/mol. The Morgan fingerprint density at radius 3 is 2.41 bits per heavy atom. The van der Waals surface area contributed by atoms with Crippen molar-refractivity contribution in [3.8, 4) is 17.5 Å². The largest absolute Gasteiger partial charge is 0.492 e. The van der Waals surface area contributed by atoms with Crippen molar-refractivity contribution in [3.05, 3.63) is 89.3 Å². The van der Waals surface area contributed by atoms with Gasteiger partial charge in [-0.25, -0.2) is 4.39 Å². The van der Waals surface area contributed by atoms with Crippen LogP contribution in [0.25, 0.3) is 16.5 Å². The zero-order chi connectivity index (χ0) is 23.1. The lowest BCUT2D eigenvalue weighted by Crippen LogP contribution is -2.48. The monoisotopic (exact) mass is 475 g/mol. The van der Waals surface area contributed by atoms with Crippen molar-refractivity contribution in [2.75, 3.05) is 31.1 Å². The molecule has 0 radical (unpaired) electrons. The van der Waals surface area contributed by atoms with E-state index in [9.17, 15) is 5.11 Å². The molecule has 5 aromatic rings. The second-order valence-corrected chi connectivity index (χ2v) is 9.19. The van der Waals surface area contributed by atoms with E-state index in [2.05, 4.69) is 32.0 Å². The molecule has 1 aliphatic heterocycles. The predicted molar refractivity (Wildman–Crippen MR) is 129 cm³/mol. The van der Waals surface area contributed by atoms with Crippen LogP contribution in [-0.4, -0.2) is 50.8 Å². The van der Waals surface area contributed by atoms with Gasteiger partial charge in [-0.3, -0.25) is 4.90 Å². The molecule has 0 aliphatic carbocycles. The molecule has 2 aromatic carbocycles. The Balaban J connectivity index is 1.36. The first-order chi connectivity index (χ1) is 16.7. The van der Waals surface area contributed by atoms with Gasteiger partial charge >= 0.3 is 0 Å². The van der Waals surface area contributed by atoms with Crippen molar-refractivity contribution in [1.29, 1.82) is 0 Å². The average molecular weight is 476 g/mol. The third-order valence-corrected chi connectivity index (χ3v) is 7.26. The Morgan fingerprint density at radius 1 is 0.941 bits per heavy atom. The van der Waals surface area contributed by atoms with Crippen molar-refractivity contribution in [2.45, 2.75) is 6.04 Å². The summed E-state index contributed by atoms with van der Waals surface area (Å²) < 4.78 is 21.8. The molecule has 1 aliphatic rings. The molecule has 172 valence electrons. The summed E-state index contributed by atoms with van der Waals surface area (Å²) in [6.07, 6.45) is 1.55. The van der Waals surface area contributed by atoms with E-state index in [0.29, 0.717) is 27.0 Å². The van der Waals surface area contributed by atoms with Gasteiger partial charge < -0.3 is 14.4 Å². The molecule has 1 fully saturated rings. The molecule has 6 rings (SSSR count). The maximum Gasteiger partial charge on any atom is 0.230 e. The van der Waals surface area contributed by atoms with Crippen LogP contribution >= 0.6 is 11.3 Å². The summed E-state index contributed by atoms with van der Waals surface area (Å²) in [5.41, 5.74) is 1.71. The first-order valence-corrected chi connectivity index (χ1v) is 11.9.